The average molecular weight is 355 g/mol. The normalized spacial score (nSPS) is 43.1. The summed E-state index contributed by atoms with van der Waals surface area (Å²) in [6, 6.07) is 0. The van der Waals surface area contributed by atoms with Crippen LogP contribution in [0.15, 0.2) is 35.1 Å². The molecule has 0 heterocycles. The number of hydrogen-bond acceptors (Lipinski definition) is 2. The summed E-state index contributed by atoms with van der Waals surface area (Å²) >= 11 is 0. The Hall–Kier alpha value is -1.84. The Morgan fingerprint density at radius 2 is 1.96 bits per heavy atom. The molecule has 3 fully saturated rings. The predicted octanol–water partition coefficient (Wildman–Crippen LogP) is 4.84. The summed E-state index contributed by atoms with van der Waals surface area (Å²) in [5, 5.41) is 11.7. The third-order valence-electron chi connectivity index (χ3n) is 8.09. The zero-order chi connectivity index (χ0) is 18.7. The fourth-order valence-electron chi connectivity index (χ4n) is 6.86. The first-order valence-electron chi connectivity index (χ1n) is 9.90. The van der Waals surface area contributed by atoms with Crippen molar-refractivity contribution in [2.75, 3.05) is 0 Å². The van der Waals surface area contributed by atoms with E-state index < -0.39 is 6.09 Å². The van der Waals surface area contributed by atoms with Gasteiger partial charge >= 0.3 is 6.09 Å². The van der Waals surface area contributed by atoms with Crippen molar-refractivity contribution in [2.24, 2.45) is 28.6 Å². The number of rotatable bonds is 1. The molecule has 0 saturated heterocycles. The summed E-state index contributed by atoms with van der Waals surface area (Å²) in [5.74, 6) is 2.00. The number of ketones is 1. The van der Waals surface area contributed by atoms with E-state index >= 15 is 0 Å². The van der Waals surface area contributed by atoms with Crippen molar-refractivity contribution in [2.45, 2.75) is 59.3 Å². The molecule has 5 atom stereocenters. The molecule has 1 amide bonds. The van der Waals surface area contributed by atoms with E-state index in [9.17, 15) is 9.59 Å². The second kappa shape index (κ2) is 5.83. The highest BCUT2D eigenvalue weighted by molar-refractivity contribution is 6.01. The molecule has 4 rings (SSSR count). The molecule has 3 saturated carbocycles. The first-order valence-corrected chi connectivity index (χ1v) is 9.90. The second-order valence-corrected chi connectivity index (χ2v) is 9.13. The van der Waals surface area contributed by atoms with Gasteiger partial charge in [0.1, 0.15) is 0 Å². The minimum Gasteiger partial charge on any atom is -0.465 e. The van der Waals surface area contributed by atoms with Crippen LogP contribution in [0, 0.1) is 28.6 Å². The van der Waals surface area contributed by atoms with Gasteiger partial charge in [-0.3, -0.25) is 10.1 Å². The van der Waals surface area contributed by atoms with E-state index in [1.54, 1.807) is 6.08 Å². The van der Waals surface area contributed by atoms with Crippen LogP contribution in [-0.4, -0.2) is 17.0 Å². The van der Waals surface area contributed by atoms with E-state index in [0.29, 0.717) is 17.8 Å². The lowest BCUT2D eigenvalue weighted by Crippen LogP contribution is -2.48. The molecule has 0 unspecified atom stereocenters. The Balaban J connectivity index is 1.66. The highest BCUT2D eigenvalue weighted by Gasteiger charge is 2.57. The summed E-state index contributed by atoms with van der Waals surface area (Å²) in [6.45, 7) is 6.60. The third kappa shape index (κ3) is 2.41. The van der Waals surface area contributed by atoms with Crippen LogP contribution in [0.3, 0.4) is 0 Å². The lowest BCUT2D eigenvalue weighted by molar-refractivity contribution is -0.111. The summed E-state index contributed by atoms with van der Waals surface area (Å²) < 4.78 is 0. The Kier molecular flexibility index (Phi) is 3.94. The van der Waals surface area contributed by atoms with E-state index in [4.69, 9.17) is 5.11 Å². The summed E-state index contributed by atoms with van der Waals surface area (Å²) in [4.78, 5) is 22.9. The van der Waals surface area contributed by atoms with Crippen molar-refractivity contribution in [3.63, 3.8) is 0 Å². The van der Waals surface area contributed by atoms with Crippen LogP contribution in [0.5, 0.6) is 0 Å². The molecule has 0 aromatic heterocycles. The van der Waals surface area contributed by atoms with Gasteiger partial charge in [-0.05, 0) is 86.3 Å². The molecule has 0 radical (unpaired) electrons. The maximum atomic E-state index is 11.8. The van der Waals surface area contributed by atoms with E-state index in [-0.39, 0.29) is 16.6 Å². The quantitative estimate of drug-likeness (QED) is 0.707. The van der Waals surface area contributed by atoms with Crippen LogP contribution < -0.4 is 5.32 Å². The van der Waals surface area contributed by atoms with Gasteiger partial charge in [-0.15, -0.1) is 0 Å². The largest absolute Gasteiger partial charge is 0.465 e. The highest BCUT2D eigenvalue weighted by atomic mass is 16.4. The fraction of sp³-hybridized carbons (Fsp3) is 0.636. The minimum atomic E-state index is -0.965. The van der Waals surface area contributed by atoms with Crippen molar-refractivity contribution in [1.82, 2.24) is 5.32 Å². The minimum absolute atomic E-state index is 0.0268. The van der Waals surface area contributed by atoms with Crippen molar-refractivity contribution in [3.8, 4) is 0 Å². The molecule has 26 heavy (non-hydrogen) atoms. The monoisotopic (exact) mass is 355 g/mol. The average Bonchev–Trinajstić information content (AvgIpc) is 2.92. The number of amides is 1. The zero-order valence-corrected chi connectivity index (χ0v) is 16.0. The SMILES string of the molecule is CC(NC(=O)O)=C1CC[C@H]2[C@@H]3CCC4=CC(=O)C=C[C@]4(C)[C@H]3CC[C@]12C. The molecule has 4 nitrogen and oxygen atoms in total. The molecule has 4 heteroatoms. The predicted molar refractivity (Wildman–Crippen MR) is 100 cm³/mol. The molecule has 0 spiro atoms. The van der Waals surface area contributed by atoms with Crippen molar-refractivity contribution < 1.29 is 14.7 Å². The van der Waals surface area contributed by atoms with Crippen molar-refractivity contribution >= 4 is 11.9 Å². The fourth-order valence-corrected chi connectivity index (χ4v) is 6.86. The molecule has 0 bridgehead atoms. The van der Waals surface area contributed by atoms with Gasteiger partial charge in [0.2, 0.25) is 0 Å². The Labute approximate surface area is 155 Å². The van der Waals surface area contributed by atoms with Gasteiger partial charge in [-0.25, -0.2) is 4.79 Å². The van der Waals surface area contributed by atoms with Crippen LogP contribution in [-0.2, 0) is 4.79 Å². The molecule has 140 valence electrons. The van der Waals surface area contributed by atoms with Gasteiger partial charge < -0.3 is 5.11 Å². The number of carbonyl (C=O) groups is 2. The molecule has 2 N–H and O–H groups in total. The topological polar surface area (TPSA) is 66.4 Å². The van der Waals surface area contributed by atoms with Crippen LogP contribution >= 0.6 is 0 Å². The number of carboxylic acid groups (broad SMARTS) is 1. The first-order chi connectivity index (χ1) is 12.3. The van der Waals surface area contributed by atoms with Gasteiger partial charge in [0.25, 0.3) is 0 Å². The first kappa shape index (κ1) is 17.6. The highest BCUT2D eigenvalue weighted by Crippen LogP contribution is 2.66. The lowest BCUT2D eigenvalue weighted by atomic mass is 9.48. The van der Waals surface area contributed by atoms with Crippen LogP contribution in [0.2, 0.25) is 0 Å². The smallest absolute Gasteiger partial charge is 0.408 e. The number of allylic oxidation sites excluding steroid dienone is 6. The van der Waals surface area contributed by atoms with Crippen LogP contribution in [0.25, 0.3) is 0 Å². The van der Waals surface area contributed by atoms with Gasteiger partial charge in [0, 0.05) is 11.1 Å². The zero-order valence-electron chi connectivity index (χ0n) is 16.0. The van der Waals surface area contributed by atoms with Crippen molar-refractivity contribution in [3.05, 3.63) is 35.1 Å². The van der Waals surface area contributed by atoms with Gasteiger partial charge in [-0.2, -0.15) is 0 Å². The number of carbonyl (C=O) groups excluding carboxylic acids is 1. The number of hydrogen-bond donors (Lipinski definition) is 2. The van der Waals surface area contributed by atoms with E-state index in [0.717, 1.165) is 44.2 Å². The van der Waals surface area contributed by atoms with Gasteiger partial charge in [0.15, 0.2) is 5.78 Å². The third-order valence-corrected chi connectivity index (χ3v) is 8.09. The number of nitrogens with one attached hydrogen (secondary N) is 1. The Morgan fingerprint density at radius 3 is 2.69 bits per heavy atom. The lowest BCUT2D eigenvalue weighted by Gasteiger charge is -2.56. The van der Waals surface area contributed by atoms with Crippen molar-refractivity contribution in [1.29, 1.82) is 0 Å². The van der Waals surface area contributed by atoms with Gasteiger partial charge in [-0.1, -0.05) is 25.5 Å². The molecular formula is C22H29NO3. The molecule has 4 aliphatic carbocycles. The molecule has 0 aliphatic heterocycles. The van der Waals surface area contributed by atoms with E-state index in [2.05, 4.69) is 25.2 Å². The Morgan fingerprint density at radius 1 is 1.19 bits per heavy atom. The summed E-state index contributed by atoms with van der Waals surface area (Å²) in [7, 11) is 0. The van der Waals surface area contributed by atoms with E-state index in [1.807, 2.05) is 13.0 Å². The van der Waals surface area contributed by atoms with Crippen LogP contribution in [0.4, 0.5) is 4.79 Å². The molecule has 0 aromatic carbocycles. The van der Waals surface area contributed by atoms with Gasteiger partial charge in [0.05, 0.1) is 0 Å². The van der Waals surface area contributed by atoms with E-state index in [1.165, 1.54) is 11.1 Å². The second-order valence-electron chi connectivity index (χ2n) is 9.13. The molecular weight excluding hydrogens is 326 g/mol. The number of fused-ring (bicyclic) bond motifs is 5. The molecule has 0 aromatic rings. The maximum Gasteiger partial charge on any atom is 0.408 e. The standard InChI is InChI=1S/C22H29NO3/c1-13(23-20(25)26)17-6-7-18-16-5-4-14-12-15(24)8-10-21(14,2)19(16)9-11-22(17,18)3/h8,10,12,16,18-19,23H,4-7,9,11H2,1-3H3,(H,25,26)/t16-,18-,19-,21-,22+/m0/s1. The van der Waals surface area contributed by atoms with Crippen LogP contribution in [0.1, 0.15) is 59.3 Å². The molecule has 4 aliphatic rings. The summed E-state index contributed by atoms with van der Waals surface area (Å²) in [6.07, 6.45) is 11.4. The summed E-state index contributed by atoms with van der Waals surface area (Å²) in [5.41, 5.74) is 3.63. The Bertz CT molecular complexity index is 761. The maximum absolute atomic E-state index is 11.8.